The van der Waals surface area contributed by atoms with Crippen molar-refractivity contribution in [3.05, 3.63) is 40.9 Å². The first-order valence-corrected chi connectivity index (χ1v) is 8.98. The predicted octanol–water partition coefficient (Wildman–Crippen LogP) is 2.74. The Balaban J connectivity index is 1.89. The molecule has 1 aromatic carbocycles. The third-order valence-electron chi connectivity index (χ3n) is 3.33. The van der Waals surface area contributed by atoms with Gasteiger partial charge >= 0.3 is 5.97 Å². The van der Waals surface area contributed by atoms with E-state index in [1.54, 1.807) is 38.1 Å². The van der Waals surface area contributed by atoms with Crippen LogP contribution in [-0.4, -0.2) is 35.2 Å². The van der Waals surface area contributed by atoms with Crippen molar-refractivity contribution < 1.29 is 23.9 Å². The Kier molecular flexibility index (Phi) is 6.78. The van der Waals surface area contributed by atoms with E-state index in [0.29, 0.717) is 11.3 Å². The number of hydrogen-bond acceptors (Lipinski definition) is 7. The van der Waals surface area contributed by atoms with Gasteiger partial charge in [-0.1, -0.05) is 13.8 Å². The number of esters is 1. The minimum Gasteiger partial charge on any atom is -0.453 e. The van der Waals surface area contributed by atoms with Crippen molar-refractivity contribution in [2.45, 2.75) is 20.8 Å². The molecule has 0 radical (unpaired) electrons. The number of ketones is 1. The second-order valence-electron chi connectivity index (χ2n) is 5.94. The van der Waals surface area contributed by atoms with Crippen molar-refractivity contribution in [1.29, 1.82) is 0 Å². The van der Waals surface area contributed by atoms with Gasteiger partial charge in [0.25, 0.3) is 0 Å². The molecule has 1 heterocycles. The van der Waals surface area contributed by atoms with E-state index in [-0.39, 0.29) is 34.3 Å². The van der Waals surface area contributed by atoms with Gasteiger partial charge in [0.2, 0.25) is 11.8 Å². The van der Waals surface area contributed by atoms with E-state index >= 15 is 0 Å². The van der Waals surface area contributed by atoms with E-state index < -0.39 is 12.6 Å². The molecule has 0 aliphatic rings. The normalized spacial score (nSPS) is 10.4. The van der Waals surface area contributed by atoms with Crippen LogP contribution in [0.2, 0.25) is 0 Å². The summed E-state index contributed by atoms with van der Waals surface area (Å²) in [6.07, 6.45) is 0. The van der Waals surface area contributed by atoms with Gasteiger partial charge in [0.15, 0.2) is 23.2 Å². The minimum atomic E-state index is -0.753. The average molecular weight is 389 g/mol. The number of Topliss-reactive ketones (excluding diaryl/α,β-unsaturated/α-hetero) is 1. The summed E-state index contributed by atoms with van der Waals surface area (Å²) in [7, 11) is 0. The number of ether oxygens (including phenoxy) is 1. The molecule has 0 aliphatic heterocycles. The smallest absolute Gasteiger partial charge is 0.358 e. The van der Waals surface area contributed by atoms with Crippen LogP contribution in [-0.2, 0) is 14.3 Å². The maximum atomic E-state index is 12.1. The fourth-order valence-electron chi connectivity index (χ4n) is 1.89. The number of nitrogens with one attached hydrogen (secondary N) is 2. The lowest BCUT2D eigenvalue weighted by Gasteiger charge is -2.08. The monoisotopic (exact) mass is 389 g/mol. The topological polar surface area (TPSA) is 114 Å². The summed E-state index contributed by atoms with van der Waals surface area (Å²) < 4.78 is 4.96. The lowest BCUT2D eigenvalue weighted by Crippen LogP contribution is -2.18. The fraction of sp³-hybridized carbons (Fsp3) is 0.278. The van der Waals surface area contributed by atoms with E-state index in [0.717, 1.165) is 11.3 Å². The van der Waals surface area contributed by atoms with E-state index in [2.05, 4.69) is 15.6 Å². The fourth-order valence-corrected chi connectivity index (χ4v) is 2.62. The maximum Gasteiger partial charge on any atom is 0.358 e. The Morgan fingerprint density at radius 3 is 2.37 bits per heavy atom. The maximum absolute atomic E-state index is 12.1. The number of carbonyl (C=O) groups is 4. The van der Waals surface area contributed by atoms with Gasteiger partial charge < -0.3 is 15.4 Å². The van der Waals surface area contributed by atoms with Gasteiger partial charge in [0, 0.05) is 29.5 Å². The molecule has 2 amide bonds. The molecular formula is C18H19N3O5S. The number of hydrogen-bond donors (Lipinski definition) is 2. The highest BCUT2D eigenvalue weighted by atomic mass is 32.1. The molecule has 1 aromatic heterocycles. The third kappa shape index (κ3) is 6.00. The number of thiazole rings is 1. The predicted molar refractivity (Wildman–Crippen MR) is 101 cm³/mol. The second kappa shape index (κ2) is 9.04. The van der Waals surface area contributed by atoms with Crippen molar-refractivity contribution >= 4 is 45.7 Å². The molecule has 0 spiro atoms. The standard InChI is InChI=1S/C18H19N3O5S/c1-10(2)16(24)20-13-6-4-12(5-7-13)15(23)8-26-17(25)14-9-27-18(21-14)19-11(3)22/h4-7,9-10H,8H2,1-3H3,(H,20,24)(H,19,21,22). The number of rotatable bonds is 7. The van der Waals surface area contributed by atoms with Gasteiger partial charge in [0.1, 0.15) is 0 Å². The Labute approximate surface area is 159 Å². The van der Waals surface area contributed by atoms with Crippen LogP contribution in [0.1, 0.15) is 41.6 Å². The Morgan fingerprint density at radius 2 is 1.78 bits per heavy atom. The van der Waals surface area contributed by atoms with Crippen LogP contribution in [0.25, 0.3) is 0 Å². The first-order chi connectivity index (χ1) is 12.8. The summed E-state index contributed by atoms with van der Waals surface area (Å²) in [5.74, 6) is -1.71. The van der Waals surface area contributed by atoms with Crippen LogP contribution in [0, 0.1) is 5.92 Å². The number of nitrogens with zero attached hydrogens (tertiary/aromatic N) is 1. The number of benzene rings is 1. The molecule has 0 saturated heterocycles. The van der Waals surface area contributed by atoms with Gasteiger partial charge in [-0.25, -0.2) is 9.78 Å². The van der Waals surface area contributed by atoms with E-state index in [4.69, 9.17) is 4.74 Å². The largest absolute Gasteiger partial charge is 0.453 e. The van der Waals surface area contributed by atoms with Crippen LogP contribution in [0.15, 0.2) is 29.6 Å². The SMILES string of the molecule is CC(=O)Nc1nc(C(=O)OCC(=O)c2ccc(NC(=O)C(C)C)cc2)cs1. The van der Waals surface area contributed by atoms with E-state index in [1.807, 2.05) is 0 Å². The van der Waals surface area contributed by atoms with Crippen LogP contribution in [0.3, 0.4) is 0 Å². The van der Waals surface area contributed by atoms with Crippen LogP contribution >= 0.6 is 11.3 Å². The third-order valence-corrected chi connectivity index (χ3v) is 4.09. The molecule has 0 fully saturated rings. The van der Waals surface area contributed by atoms with Crippen molar-refractivity contribution in [2.24, 2.45) is 5.92 Å². The van der Waals surface area contributed by atoms with Crippen LogP contribution in [0.5, 0.6) is 0 Å². The molecule has 142 valence electrons. The number of carbonyl (C=O) groups excluding carboxylic acids is 4. The number of anilines is 2. The van der Waals surface area contributed by atoms with Crippen LogP contribution in [0.4, 0.5) is 10.8 Å². The van der Waals surface area contributed by atoms with Gasteiger partial charge in [-0.2, -0.15) is 0 Å². The highest BCUT2D eigenvalue weighted by Gasteiger charge is 2.16. The summed E-state index contributed by atoms with van der Waals surface area (Å²) in [4.78, 5) is 50.6. The summed E-state index contributed by atoms with van der Waals surface area (Å²) in [6, 6.07) is 6.30. The van der Waals surface area contributed by atoms with Crippen molar-refractivity contribution in [2.75, 3.05) is 17.2 Å². The highest BCUT2D eigenvalue weighted by molar-refractivity contribution is 7.14. The second-order valence-corrected chi connectivity index (χ2v) is 6.80. The lowest BCUT2D eigenvalue weighted by atomic mass is 10.1. The van der Waals surface area contributed by atoms with E-state index in [9.17, 15) is 19.2 Å². The van der Waals surface area contributed by atoms with Crippen molar-refractivity contribution in [1.82, 2.24) is 4.98 Å². The van der Waals surface area contributed by atoms with Gasteiger partial charge in [-0.3, -0.25) is 14.4 Å². The zero-order chi connectivity index (χ0) is 20.0. The van der Waals surface area contributed by atoms with Crippen LogP contribution < -0.4 is 10.6 Å². The number of amides is 2. The summed E-state index contributed by atoms with van der Waals surface area (Å²) in [5, 5.41) is 6.89. The molecule has 27 heavy (non-hydrogen) atoms. The first-order valence-electron chi connectivity index (χ1n) is 8.10. The molecule has 8 nitrogen and oxygen atoms in total. The Bertz CT molecular complexity index is 858. The lowest BCUT2D eigenvalue weighted by molar-refractivity contribution is -0.119. The van der Waals surface area contributed by atoms with Gasteiger partial charge in [-0.15, -0.1) is 11.3 Å². The molecule has 2 aromatic rings. The van der Waals surface area contributed by atoms with Crippen molar-refractivity contribution in [3.63, 3.8) is 0 Å². The molecule has 0 bridgehead atoms. The zero-order valence-electron chi connectivity index (χ0n) is 15.1. The van der Waals surface area contributed by atoms with Gasteiger partial charge in [-0.05, 0) is 24.3 Å². The summed E-state index contributed by atoms with van der Waals surface area (Å²) in [6.45, 7) is 4.45. The molecule has 9 heteroatoms. The molecule has 0 aliphatic carbocycles. The number of aromatic nitrogens is 1. The molecule has 0 atom stereocenters. The molecule has 0 saturated carbocycles. The Morgan fingerprint density at radius 1 is 1.11 bits per heavy atom. The highest BCUT2D eigenvalue weighted by Crippen LogP contribution is 2.16. The molecular weight excluding hydrogens is 370 g/mol. The quantitative estimate of drug-likeness (QED) is 0.556. The summed E-state index contributed by atoms with van der Waals surface area (Å²) in [5.41, 5.74) is 0.945. The zero-order valence-corrected chi connectivity index (χ0v) is 15.9. The Hall–Kier alpha value is -3.07. The van der Waals surface area contributed by atoms with Gasteiger partial charge in [0.05, 0.1) is 0 Å². The minimum absolute atomic E-state index is 0.0169. The molecule has 2 rings (SSSR count). The summed E-state index contributed by atoms with van der Waals surface area (Å²) >= 11 is 1.08. The first kappa shape index (κ1) is 20.2. The molecule has 2 N–H and O–H groups in total. The van der Waals surface area contributed by atoms with Crippen molar-refractivity contribution in [3.8, 4) is 0 Å². The molecule has 0 unspecified atom stereocenters. The average Bonchev–Trinajstić information content (AvgIpc) is 3.07. The van der Waals surface area contributed by atoms with E-state index in [1.165, 1.54) is 12.3 Å².